The summed E-state index contributed by atoms with van der Waals surface area (Å²) in [5.41, 5.74) is 8.37. The molecule has 6 heteroatoms. The first kappa shape index (κ1) is 20.4. The van der Waals surface area contributed by atoms with Crippen LogP contribution in [0.1, 0.15) is 44.7 Å². The van der Waals surface area contributed by atoms with Crippen LogP contribution < -0.4 is 15.2 Å². The Morgan fingerprint density at radius 2 is 1.83 bits per heavy atom. The number of nitrogens with zero attached hydrogens (tertiary/aromatic N) is 1. The number of hydrogen-bond donors (Lipinski definition) is 1. The number of fused-ring (bicyclic) bond motifs is 2. The van der Waals surface area contributed by atoms with Crippen molar-refractivity contribution in [3.8, 4) is 11.5 Å². The van der Waals surface area contributed by atoms with Gasteiger partial charge in [0.2, 0.25) is 0 Å². The van der Waals surface area contributed by atoms with Crippen molar-refractivity contribution in [2.75, 3.05) is 25.4 Å². The first-order chi connectivity index (χ1) is 14.3. The molecule has 2 aromatic rings. The number of ether oxygens (including phenoxy) is 3. The summed E-state index contributed by atoms with van der Waals surface area (Å²) in [4.78, 5) is 14.3. The summed E-state index contributed by atoms with van der Waals surface area (Å²) in [6, 6.07) is 13.8. The van der Waals surface area contributed by atoms with Crippen LogP contribution in [0, 0.1) is 0 Å². The molecule has 0 bridgehead atoms. The number of nitrogens with two attached hydrogens (primary N) is 1. The van der Waals surface area contributed by atoms with Crippen LogP contribution in [0.5, 0.6) is 11.5 Å². The fraction of sp³-hybridized carbons (Fsp3) is 0.458. The average molecular weight is 411 g/mol. The van der Waals surface area contributed by atoms with Crippen molar-refractivity contribution in [3.05, 3.63) is 53.6 Å². The Morgan fingerprint density at radius 1 is 1.13 bits per heavy atom. The predicted molar refractivity (Wildman–Crippen MR) is 116 cm³/mol. The average Bonchev–Trinajstić information content (AvgIpc) is 3.05. The van der Waals surface area contributed by atoms with Crippen molar-refractivity contribution in [1.82, 2.24) is 4.90 Å². The van der Waals surface area contributed by atoms with E-state index >= 15 is 0 Å². The number of piperidine rings is 1. The maximum atomic E-state index is 12.5. The van der Waals surface area contributed by atoms with Gasteiger partial charge in [-0.3, -0.25) is 0 Å². The van der Waals surface area contributed by atoms with Gasteiger partial charge in [0, 0.05) is 24.1 Å². The van der Waals surface area contributed by atoms with Gasteiger partial charge in [0.05, 0.1) is 12.3 Å². The van der Waals surface area contributed by atoms with Crippen LogP contribution in [-0.4, -0.2) is 36.3 Å². The number of carbonyl (C=O) groups is 1. The molecule has 160 valence electrons. The van der Waals surface area contributed by atoms with Crippen LogP contribution in [0.15, 0.2) is 42.5 Å². The molecule has 2 aromatic carbocycles. The van der Waals surface area contributed by atoms with E-state index in [1.54, 1.807) is 4.90 Å². The molecule has 0 aliphatic carbocycles. The van der Waals surface area contributed by atoms with Gasteiger partial charge in [0.15, 0.2) is 0 Å². The van der Waals surface area contributed by atoms with Crippen molar-refractivity contribution in [3.63, 3.8) is 0 Å². The highest BCUT2D eigenvalue weighted by molar-refractivity contribution is 5.69. The number of amides is 1. The Kier molecular flexibility index (Phi) is 5.26. The summed E-state index contributed by atoms with van der Waals surface area (Å²) in [5.74, 6) is 1.54. The Balaban J connectivity index is 1.54. The highest BCUT2D eigenvalue weighted by Gasteiger charge is 2.47. The highest BCUT2D eigenvalue weighted by Crippen LogP contribution is 2.52. The topological polar surface area (TPSA) is 74.0 Å². The molecule has 0 aromatic heterocycles. The van der Waals surface area contributed by atoms with Gasteiger partial charge in [0.25, 0.3) is 0 Å². The minimum absolute atomic E-state index is 0.199. The summed E-state index contributed by atoms with van der Waals surface area (Å²) in [7, 11) is 0. The zero-order valence-corrected chi connectivity index (χ0v) is 17.9. The summed E-state index contributed by atoms with van der Waals surface area (Å²) in [6.45, 7) is 7.91. The molecule has 0 unspecified atom stereocenters. The number of hydrogen-bond acceptors (Lipinski definition) is 5. The molecule has 2 aliphatic rings. The smallest absolute Gasteiger partial charge is 0.410 e. The summed E-state index contributed by atoms with van der Waals surface area (Å²) in [5, 5.41) is 0. The summed E-state index contributed by atoms with van der Waals surface area (Å²) in [6.07, 6.45) is 1.30. The van der Waals surface area contributed by atoms with Crippen LogP contribution >= 0.6 is 0 Å². The molecule has 6 nitrogen and oxygen atoms in total. The van der Waals surface area contributed by atoms with E-state index in [0.29, 0.717) is 37.7 Å². The van der Waals surface area contributed by atoms with Crippen LogP contribution in [0.25, 0.3) is 0 Å². The zero-order chi connectivity index (χ0) is 21.4. The standard InChI is InChI=1S/C24H30N2O4/c1-23(2,3)30-22(27)26-13-11-24(12-14-26)16-29-19-10-9-18(25)21(20(19)24)28-15-17-7-5-4-6-8-17/h4-10H,11-16,25H2,1-3H3. The molecule has 4 rings (SSSR count). The highest BCUT2D eigenvalue weighted by atomic mass is 16.6. The lowest BCUT2D eigenvalue weighted by atomic mass is 9.74. The molecule has 2 heterocycles. The lowest BCUT2D eigenvalue weighted by Crippen LogP contribution is -2.47. The number of rotatable bonds is 3. The Bertz CT molecular complexity index is 913. The van der Waals surface area contributed by atoms with Gasteiger partial charge in [0.1, 0.15) is 23.7 Å². The van der Waals surface area contributed by atoms with Gasteiger partial charge in [-0.2, -0.15) is 0 Å². The molecule has 30 heavy (non-hydrogen) atoms. The fourth-order valence-electron chi connectivity index (χ4n) is 4.21. The van der Waals surface area contributed by atoms with Crippen molar-refractivity contribution in [1.29, 1.82) is 0 Å². The number of benzene rings is 2. The molecular weight excluding hydrogens is 380 g/mol. The van der Waals surface area contributed by atoms with E-state index in [9.17, 15) is 4.79 Å². The monoisotopic (exact) mass is 410 g/mol. The Hall–Kier alpha value is -2.89. The largest absolute Gasteiger partial charge is 0.492 e. The van der Waals surface area contributed by atoms with Gasteiger partial charge in [-0.05, 0) is 51.3 Å². The molecular formula is C24H30N2O4. The minimum Gasteiger partial charge on any atom is -0.492 e. The first-order valence-corrected chi connectivity index (χ1v) is 10.5. The SMILES string of the molecule is CC(C)(C)OC(=O)N1CCC2(CC1)COc1ccc(N)c(OCc3ccccc3)c12. The quantitative estimate of drug-likeness (QED) is 0.754. The van der Waals surface area contributed by atoms with E-state index in [1.807, 2.05) is 63.2 Å². The van der Waals surface area contributed by atoms with Crippen LogP contribution in [0.2, 0.25) is 0 Å². The number of anilines is 1. The maximum absolute atomic E-state index is 12.5. The molecule has 0 saturated carbocycles. The lowest BCUT2D eigenvalue weighted by molar-refractivity contribution is 0.0151. The summed E-state index contributed by atoms with van der Waals surface area (Å²) >= 11 is 0. The third-order valence-electron chi connectivity index (χ3n) is 5.78. The Labute approximate surface area is 177 Å². The van der Waals surface area contributed by atoms with Crippen LogP contribution in [0.4, 0.5) is 10.5 Å². The van der Waals surface area contributed by atoms with E-state index < -0.39 is 5.60 Å². The third-order valence-corrected chi connectivity index (χ3v) is 5.78. The molecule has 1 saturated heterocycles. The number of nitrogen functional groups attached to an aromatic ring is 1. The predicted octanol–water partition coefficient (Wildman–Crippen LogP) is 4.51. The minimum atomic E-state index is -0.498. The number of likely N-dealkylation sites (tertiary alicyclic amines) is 1. The van der Waals surface area contributed by atoms with Gasteiger partial charge < -0.3 is 24.8 Å². The molecule has 1 fully saturated rings. The first-order valence-electron chi connectivity index (χ1n) is 10.5. The van der Waals surface area contributed by atoms with E-state index in [1.165, 1.54) is 0 Å². The number of carbonyl (C=O) groups excluding carboxylic acids is 1. The fourth-order valence-corrected chi connectivity index (χ4v) is 4.21. The van der Waals surface area contributed by atoms with Crippen molar-refractivity contribution in [2.45, 2.75) is 51.2 Å². The van der Waals surface area contributed by atoms with Crippen molar-refractivity contribution >= 4 is 11.8 Å². The van der Waals surface area contributed by atoms with Gasteiger partial charge in [-0.1, -0.05) is 30.3 Å². The molecule has 0 radical (unpaired) electrons. The molecule has 1 spiro atoms. The van der Waals surface area contributed by atoms with E-state index in [-0.39, 0.29) is 11.5 Å². The van der Waals surface area contributed by atoms with Gasteiger partial charge in [-0.15, -0.1) is 0 Å². The second kappa shape index (κ2) is 7.74. The second-order valence-corrected chi connectivity index (χ2v) is 9.17. The molecule has 0 atom stereocenters. The second-order valence-electron chi connectivity index (χ2n) is 9.17. The van der Waals surface area contributed by atoms with Crippen molar-refractivity contribution in [2.24, 2.45) is 0 Å². The maximum Gasteiger partial charge on any atom is 0.410 e. The summed E-state index contributed by atoms with van der Waals surface area (Å²) < 4.78 is 17.8. The van der Waals surface area contributed by atoms with E-state index in [2.05, 4.69) is 0 Å². The van der Waals surface area contributed by atoms with E-state index in [4.69, 9.17) is 19.9 Å². The molecule has 1 amide bonds. The Morgan fingerprint density at radius 3 is 2.50 bits per heavy atom. The molecule has 2 aliphatic heterocycles. The van der Waals surface area contributed by atoms with Crippen molar-refractivity contribution < 1.29 is 19.0 Å². The van der Waals surface area contributed by atoms with Crippen LogP contribution in [-0.2, 0) is 16.8 Å². The van der Waals surface area contributed by atoms with E-state index in [0.717, 1.165) is 29.7 Å². The lowest BCUT2D eigenvalue weighted by Gasteiger charge is -2.39. The van der Waals surface area contributed by atoms with Crippen LogP contribution in [0.3, 0.4) is 0 Å². The normalized spacial score (nSPS) is 17.4. The van der Waals surface area contributed by atoms with Gasteiger partial charge in [-0.25, -0.2) is 4.79 Å². The van der Waals surface area contributed by atoms with Gasteiger partial charge >= 0.3 is 6.09 Å². The third kappa shape index (κ3) is 4.04. The molecule has 2 N–H and O–H groups in total. The zero-order valence-electron chi connectivity index (χ0n) is 17.9.